The van der Waals surface area contributed by atoms with Crippen LogP contribution in [0.15, 0.2) is 12.1 Å². The number of piperazine rings is 1. The molecule has 0 spiro atoms. The lowest BCUT2D eigenvalue weighted by atomic mass is 10.4. The van der Waals surface area contributed by atoms with Crippen molar-refractivity contribution in [2.45, 2.75) is 6.54 Å². The Morgan fingerprint density at radius 2 is 2.19 bits per heavy atom. The van der Waals surface area contributed by atoms with E-state index in [1.807, 2.05) is 6.07 Å². The molecule has 2 heterocycles. The first-order chi connectivity index (χ1) is 7.74. The van der Waals surface area contributed by atoms with Gasteiger partial charge in [0.2, 0.25) is 0 Å². The van der Waals surface area contributed by atoms with Gasteiger partial charge in [-0.1, -0.05) is 11.6 Å². The lowest BCUT2D eigenvalue weighted by Gasteiger charge is -2.31. The number of halogens is 1. The Bertz CT molecular complexity index is 323. The number of rotatable bonds is 4. The Kier molecular flexibility index (Phi) is 4.61. The van der Waals surface area contributed by atoms with E-state index in [9.17, 15) is 0 Å². The molecule has 0 atom stereocenters. The highest BCUT2D eigenvalue weighted by molar-refractivity contribution is 7.16. The predicted molar refractivity (Wildman–Crippen MR) is 70.1 cm³/mol. The van der Waals surface area contributed by atoms with E-state index in [1.54, 1.807) is 11.3 Å². The summed E-state index contributed by atoms with van der Waals surface area (Å²) in [5.74, 6) is 0. The van der Waals surface area contributed by atoms with Crippen molar-refractivity contribution in [1.29, 1.82) is 0 Å². The Morgan fingerprint density at radius 3 is 2.81 bits per heavy atom. The molecule has 3 nitrogen and oxygen atoms in total. The fourth-order valence-corrected chi connectivity index (χ4v) is 3.11. The van der Waals surface area contributed by atoms with Crippen LogP contribution in [-0.2, 0) is 6.54 Å². The smallest absolute Gasteiger partial charge is 0.0931 e. The van der Waals surface area contributed by atoms with E-state index < -0.39 is 0 Å². The minimum absolute atomic E-state index is 0.880. The van der Waals surface area contributed by atoms with Crippen molar-refractivity contribution in [3.05, 3.63) is 21.3 Å². The van der Waals surface area contributed by atoms with Crippen LogP contribution in [0.1, 0.15) is 4.88 Å². The van der Waals surface area contributed by atoms with Crippen LogP contribution in [-0.4, -0.2) is 49.7 Å². The van der Waals surface area contributed by atoms with Crippen molar-refractivity contribution in [2.75, 3.05) is 39.9 Å². The molecule has 1 aromatic rings. The van der Waals surface area contributed by atoms with Crippen LogP contribution in [0.25, 0.3) is 0 Å². The van der Waals surface area contributed by atoms with Crippen LogP contribution in [0, 0.1) is 0 Å². The van der Waals surface area contributed by atoms with E-state index in [-0.39, 0.29) is 0 Å². The summed E-state index contributed by atoms with van der Waals surface area (Å²) < 4.78 is 0.880. The molecule has 16 heavy (non-hydrogen) atoms. The van der Waals surface area contributed by atoms with E-state index >= 15 is 0 Å². The summed E-state index contributed by atoms with van der Waals surface area (Å²) in [5.41, 5.74) is 0. The number of nitrogens with one attached hydrogen (secondary N) is 1. The molecule has 5 heteroatoms. The quantitative estimate of drug-likeness (QED) is 0.888. The second-order valence-electron chi connectivity index (χ2n) is 4.23. The Labute approximate surface area is 106 Å². The molecule has 0 amide bonds. The maximum atomic E-state index is 5.92. The molecule has 2 rings (SSSR count). The third-order valence-corrected chi connectivity index (χ3v) is 3.92. The minimum Gasteiger partial charge on any atom is -0.314 e. The van der Waals surface area contributed by atoms with Gasteiger partial charge in [-0.2, -0.15) is 0 Å². The van der Waals surface area contributed by atoms with Crippen LogP contribution in [0.2, 0.25) is 4.34 Å². The molecule has 0 aliphatic carbocycles. The van der Waals surface area contributed by atoms with Crippen molar-refractivity contribution in [3.63, 3.8) is 0 Å². The molecule has 1 saturated heterocycles. The van der Waals surface area contributed by atoms with Crippen molar-refractivity contribution in [3.8, 4) is 0 Å². The SMILES string of the molecule is CN(Cc1ccc(Cl)s1)CN1CCNCC1. The van der Waals surface area contributed by atoms with Gasteiger partial charge in [-0.3, -0.25) is 9.80 Å². The first-order valence-electron chi connectivity index (χ1n) is 5.60. The zero-order valence-corrected chi connectivity index (χ0v) is 11.2. The Balaban J connectivity index is 1.77. The van der Waals surface area contributed by atoms with E-state index in [0.29, 0.717) is 0 Å². The lowest BCUT2D eigenvalue weighted by Crippen LogP contribution is -2.47. The number of hydrogen-bond donors (Lipinski definition) is 1. The van der Waals surface area contributed by atoms with Crippen LogP contribution in [0.3, 0.4) is 0 Å². The molecule has 90 valence electrons. The lowest BCUT2D eigenvalue weighted by molar-refractivity contribution is 0.136. The summed E-state index contributed by atoms with van der Waals surface area (Å²) in [7, 11) is 2.16. The second kappa shape index (κ2) is 5.98. The topological polar surface area (TPSA) is 18.5 Å². The van der Waals surface area contributed by atoms with E-state index in [1.165, 1.54) is 4.88 Å². The molecule has 1 aliphatic rings. The van der Waals surface area contributed by atoms with Crippen molar-refractivity contribution < 1.29 is 0 Å². The largest absolute Gasteiger partial charge is 0.314 e. The Morgan fingerprint density at radius 1 is 1.44 bits per heavy atom. The molecule has 0 saturated carbocycles. The maximum Gasteiger partial charge on any atom is 0.0931 e. The number of nitrogens with zero attached hydrogens (tertiary/aromatic N) is 2. The Hall–Kier alpha value is -0.130. The van der Waals surface area contributed by atoms with Gasteiger partial charge < -0.3 is 5.32 Å². The molecule has 1 N–H and O–H groups in total. The number of hydrogen-bond acceptors (Lipinski definition) is 4. The first kappa shape index (κ1) is 12.3. The molecule has 0 radical (unpaired) electrons. The highest BCUT2D eigenvalue weighted by atomic mass is 35.5. The average molecular weight is 260 g/mol. The van der Waals surface area contributed by atoms with Gasteiger partial charge in [0.1, 0.15) is 0 Å². The van der Waals surface area contributed by atoms with Gasteiger partial charge in [0, 0.05) is 37.6 Å². The van der Waals surface area contributed by atoms with Gasteiger partial charge in [-0.15, -0.1) is 11.3 Å². The molecular formula is C11H18ClN3S. The summed E-state index contributed by atoms with van der Waals surface area (Å²) in [5, 5.41) is 3.37. The van der Waals surface area contributed by atoms with Crippen LogP contribution < -0.4 is 5.32 Å². The monoisotopic (exact) mass is 259 g/mol. The highest BCUT2D eigenvalue weighted by Gasteiger charge is 2.12. The zero-order chi connectivity index (χ0) is 11.4. The first-order valence-corrected chi connectivity index (χ1v) is 6.79. The maximum absolute atomic E-state index is 5.92. The van der Waals surface area contributed by atoms with Crippen molar-refractivity contribution in [1.82, 2.24) is 15.1 Å². The van der Waals surface area contributed by atoms with E-state index in [2.05, 4.69) is 28.2 Å². The third kappa shape index (κ3) is 3.71. The molecule has 1 fully saturated rings. The minimum atomic E-state index is 0.880. The van der Waals surface area contributed by atoms with Gasteiger partial charge in [-0.05, 0) is 19.2 Å². The van der Waals surface area contributed by atoms with E-state index in [0.717, 1.165) is 43.7 Å². The molecule has 1 aliphatic heterocycles. The number of thiophene rings is 1. The van der Waals surface area contributed by atoms with Gasteiger partial charge >= 0.3 is 0 Å². The van der Waals surface area contributed by atoms with Crippen LogP contribution in [0.5, 0.6) is 0 Å². The summed E-state index contributed by atoms with van der Waals surface area (Å²) in [6.07, 6.45) is 0. The van der Waals surface area contributed by atoms with Crippen molar-refractivity contribution >= 4 is 22.9 Å². The van der Waals surface area contributed by atoms with E-state index in [4.69, 9.17) is 11.6 Å². The molecular weight excluding hydrogens is 242 g/mol. The van der Waals surface area contributed by atoms with Crippen LogP contribution in [0.4, 0.5) is 0 Å². The second-order valence-corrected chi connectivity index (χ2v) is 6.03. The summed E-state index contributed by atoms with van der Waals surface area (Å²) >= 11 is 7.59. The molecule has 1 aromatic heterocycles. The third-order valence-electron chi connectivity index (χ3n) is 2.71. The summed E-state index contributed by atoms with van der Waals surface area (Å²) in [4.78, 5) is 6.15. The fourth-order valence-electron chi connectivity index (χ4n) is 1.95. The van der Waals surface area contributed by atoms with Gasteiger partial charge in [0.15, 0.2) is 0 Å². The average Bonchev–Trinajstić information content (AvgIpc) is 2.65. The van der Waals surface area contributed by atoms with Gasteiger partial charge in [-0.25, -0.2) is 0 Å². The summed E-state index contributed by atoms with van der Waals surface area (Å²) in [6, 6.07) is 4.08. The van der Waals surface area contributed by atoms with Crippen molar-refractivity contribution in [2.24, 2.45) is 0 Å². The summed E-state index contributed by atoms with van der Waals surface area (Å²) in [6.45, 7) is 6.54. The standard InChI is InChI=1S/C11H18ClN3S/c1-14(8-10-2-3-11(12)16-10)9-15-6-4-13-5-7-15/h2-3,13H,4-9H2,1H3. The predicted octanol–water partition coefficient (Wildman–Crippen LogP) is 1.70. The fraction of sp³-hybridized carbons (Fsp3) is 0.636. The molecule has 0 aromatic carbocycles. The molecule has 0 unspecified atom stereocenters. The van der Waals surface area contributed by atoms with Crippen LogP contribution >= 0.6 is 22.9 Å². The molecule has 0 bridgehead atoms. The van der Waals surface area contributed by atoms with Gasteiger partial charge in [0.05, 0.1) is 11.0 Å². The normalized spacial score (nSPS) is 18.2. The highest BCUT2D eigenvalue weighted by Crippen LogP contribution is 2.22. The van der Waals surface area contributed by atoms with Gasteiger partial charge in [0.25, 0.3) is 0 Å². The zero-order valence-electron chi connectivity index (χ0n) is 9.58.